The molecule has 120 valence electrons. The third-order valence-corrected chi connectivity index (χ3v) is 6.63. The zero-order valence-electron chi connectivity index (χ0n) is 11.8. The van der Waals surface area contributed by atoms with Crippen LogP contribution in [0.4, 0.5) is 5.82 Å². The summed E-state index contributed by atoms with van der Waals surface area (Å²) in [5.41, 5.74) is 5.66. The summed E-state index contributed by atoms with van der Waals surface area (Å²) in [4.78, 5) is -0.0515. The number of aromatic nitrogens is 2. The first-order valence-corrected chi connectivity index (χ1v) is 10.1. The Morgan fingerprint density at radius 2 is 2.05 bits per heavy atom. The summed E-state index contributed by atoms with van der Waals surface area (Å²) in [6, 6.07) is -0.382. The molecule has 1 aliphatic heterocycles. The summed E-state index contributed by atoms with van der Waals surface area (Å²) in [5.74, 6) is -0.0328. The lowest BCUT2D eigenvalue weighted by molar-refractivity contribution is 0.505. The molecule has 0 saturated carbocycles. The van der Waals surface area contributed by atoms with E-state index in [2.05, 4.69) is 9.82 Å². The molecule has 1 saturated heterocycles. The summed E-state index contributed by atoms with van der Waals surface area (Å²) in [6.45, 7) is 2.54. The number of nitrogens with zero attached hydrogens (tertiary/aromatic N) is 2. The van der Waals surface area contributed by atoms with Gasteiger partial charge in [0, 0.05) is 18.8 Å². The zero-order valence-corrected chi connectivity index (χ0v) is 13.5. The van der Waals surface area contributed by atoms with E-state index >= 15 is 0 Å². The Hall–Kier alpha value is -1.13. The number of nitrogens with one attached hydrogen (secondary N) is 1. The number of aryl methyl sites for hydroxylation is 1. The van der Waals surface area contributed by atoms with Crippen molar-refractivity contribution in [2.75, 3.05) is 17.2 Å². The third kappa shape index (κ3) is 3.95. The van der Waals surface area contributed by atoms with E-state index in [0.29, 0.717) is 6.54 Å². The summed E-state index contributed by atoms with van der Waals surface area (Å²) < 4.78 is 51.3. The minimum Gasteiger partial charge on any atom is -0.381 e. The van der Waals surface area contributed by atoms with Gasteiger partial charge in [0.15, 0.2) is 5.82 Å². The van der Waals surface area contributed by atoms with E-state index in [0.717, 1.165) is 6.42 Å². The summed E-state index contributed by atoms with van der Waals surface area (Å²) >= 11 is 0. The third-order valence-electron chi connectivity index (χ3n) is 3.37. The van der Waals surface area contributed by atoms with Gasteiger partial charge in [-0.2, -0.15) is 5.10 Å². The standard InChI is InChI=1S/C11H20N4O4S2/c1-2-5-15-8-10(11(12)13-15)21(18,19)14-9-3-6-20(16,17)7-4-9/h8-9,14H,2-7H2,1H3,(H2,12,13). The highest BCUT2D eigenvalue weighted by Crippen LogP contribution is 2.19. The molecule has 8 nitrogen and oxygen atoms in total. The molecule has 0 bridgehead atoms. The van der Waals surface area contributed by atoms with Gasteiger partial charge in [0.1, 0.15) is 14.7 Å². The maximum absolute atomic E-state index is 12.3. The van der Waals surface area contributed by atoms with Gasteiger partial charge in [0.25, 0.3) is 0 Å². The summed E-state index contributed by atoms with van der Waals surface area (Å²) in [6.07, 6.45) is 2.78. The first-order chi connectivity index (χ1) is 9.73. The molecule has 0 aromatic carbocycles. The molecule has 2 rings (SSSR count). The number of rotatable bonds is 5. The number of hydrogen-bond donors (Lipinski definition) is 2. The number of nitrogen functional groups attached to an aromatic ring is 1. The molecule has 1 aliphatic rings. The van der Waals surface area contributed by atoms with Gasteiger partial charge < -0.3 is 5.73 Å². The van der Waals surface area contributed by atoms with Crippen LogP contribution >= 0.6 is 0 Å². The first-order valence-electron chi connectivity index (χ1n) is 6.79. The fraction of sp³-hybridized carbons (Fsp3) is 0.727. The van der Waals surface area contributed by atoms with Crippen molar-refractivity contribution >= 4 is 25.7 Å². The van der Waals surface area contributed by atoms with E-state index in [1.807, 2.05) is 6.92 Å². The van der Waals surface area contributed by atoms with Crippen molar-refractivity contribution in [1.29, 1.82) is 0 Å². The van der Waals surface area contributed by atoms with E-state index in [1.165, 1.54) is 10.9 Å². The molecule has 10 heteroatoms. The lowest BCUT2D eigenvalue weighted by Gasteiger charge is -2.22. The van der Waals surface area contributed by atoms with Crippen molar-refractivity contribution in [3.63, 3.8) is 0 Å². The van der Waals surface area contributed by atoms with E-state index in [4.69, 9.17) is 5.73 Å². The fourth-order valence-corrected chi connectivity index (χ4v) is 5.13. The molecule has 1 fully saturated rings. The Morgan fingerprint density at radius 3 is 2.62 bits per heavy atom. The molecule has 0 spiro atoms. The lowest BCUT2D eigenvalue weighted by Crippen LogP contribution is -2.40. The number of sulfone groups is 1. The quantitative estimate of drug-likeness (QED) is 0.763. The smallest absolute Gasteiger partial charge is 0.246 e. The Bertz CT molecular complexity index is 695. The van der Waals surface area contributed by atoms with Crippen molar-refractivity contribution in [3.05, 3.63) is 6.20 Å². The van der Waals surface area contributed by atoms with Crippen molar-refractivity contribution < 1.29 is 16.8 Å². The van der Waals surface area contributed by atoms with Crippen molar-refractivity contribution in [2.24, 2.45) is 0 Å². The van der Waals surface area contributed by atoms with Crippen LogP contribution in [-0.2, 0) is 26.4 Å². The molecule has 1 aromatic rings. The van der Waals surface area contributed by atoms with Gasteiger partial charge in [-0.25, -0.2) is 21.6 Å². The highest BCUT2D eigenvalue weighted by atomic mass is 32.2. The maximum Gasteiger partial charge on any atom is 0.246 e. The number of hydrogen-bond acceptors (Lipinski definition) is 6. The molecule has 21 heavy (non-hydrogen) atoms. The topological polar surface area (TPSA) is 124 Å². The maximum atomic E-state index is 12.3. The molecule has 1 aromatic heterocycles. The molecular weight excluding hydrogens is 316 g/mol. The molecule has 0 amide bonds. The molecule has 3 N–H and O–H groups in total. The molecule has 2 heterocycles. The average molecular weight is 336 g/mol. The zero-order chi connectivity index (χ0) is 15.7. The lowest BCUT2D eigenvalue weighted by atomic mass is 10.2. The Kier molecular flexibility index (Phi) is 4.59. The van der Waals surface area contributed by atoms with E-state index in [9.17, 15) is 16.8 Å². The van der Waals surface area contributed by atoms with Gasteiger partial charge in [0.2, 0.25) is 10.0 Å². The van der Waals surface area contributed by atoms with Crippen LogP contribution in [-0.4, -0.2) is 44.2 Å². The van der Waals surface area contributed by atoms with Crippen LogP contribution in [0.15, 0.2) is 11.1 Å². The second-order valence-electron chi connectivity index (χ2n) is 5.19. The Balaban J connectivity index is 2.12. The minimum absolute atomic E-state index is 0.00473. The van der Waals surface area contributed by atoms with Gasteiger partial charge in [-0.3, -0.25) is 4.68 Å². The second-order valence-corrected chi connectivity index (χ2v) is 9.18. The fourth-order valence-electron chi connectivity index (χ4n) is 2.26. The van der Waals surface area contributed by atoms with Crippen LogP contribution < -0.4 is 10.5 Å². The minimum atomic E-state index is -3.78. The van der Waals surface area contributed by atoms with Crippen LogP contribution in [0.3, 0.4) is 0 Å². The van der Waals surface area contributed by atoms with Crippen LogP contribution in [0.5, 0.6) is 0 Å². The number of anilines is 1. The largest absolute Gasteiger partial charge is 0.381 e. The van der Waals surface area contributed by atoms with Crippen LogP contribution in [0.2, 0.25) is 0 Å². The van der Waals surface area contributed by atoms with E-state index in [1.54, 1.807) is 0 Å². The van der Waals surface area contributed by atoms with Crippen LogP contribution in [0.25, 0.3) is 0 Å². The van der Waals surface area contributed by atoms with Crippen molar-refractivity contribution in [2.45, 2.75) is 43.7 Å². The van der Waals surface area contributed by atoms with Crippen molar-refractivity contribution in [1.82, 2.24) is 14.5 Å². The highest BCUT2D eigenvalue weighted by Gasteiger charge is 2.29. The Labute approximate surface area is 124 Å². The van der Waals surface area contributed by atoms with Crippen LogP contribution in [0.1, 0.15) is 26.2 Å². The molecule has 0 radical (unpaired) electrons. The van der Waals surface area contributed by atoms with Gasteiger partial charge in [-0.1, -0.05) is 6.92 Å². The van der Waals surface area contributed by atoms with Gasteiger partial charge in [0.05, 0.1) is 11.5 Å². The molecule has 0 unspecified atom stereocenters. The first kappa shape index (κ1) is 16.2. The second kappa shape index (κ2) is 5.93. The molecular formula is C11H20N4O4S2. The normalized spacial score (nSPS) is 19.7. The predicted molar refractivity (Wildman–Crippen MR) is 78.9 cm³/mol. The van der Waals surface area contributed by atoms with Gasteiger partial charge >= 0.3 is 0 Å². The SMILES string of the molecule is CCCn1cc(S(=O)(=O)NC2CCS(=O)(=O)CC2)c(N)n1. The highest BCUT2D eigenvalue weighted by molar-refractivity contribution is 7.91. The van der Waals surface area contributed by atoms with E-state index < -0.39 is 19.9 Å². The molecule has 0 aliphatic carbocycles. The molecule has 0 atom stereocenters. The van der Waals surface area contributed by atoms with Gasteiger partial charge in [-0.15, -0.1) is 0 Å². The number of nitrogens with two attached hydrogens (primary N) is 1. The van der Waals surface area contributed by atoms with Crippen molar-refractivity contribution in [3.8, 4) is 0 Å². The average Bonchev–Trinajstić information content (AvgIpc) is 2.74. The predicted octanol–water partition coefficient (Wildman–Crippen LogP) is -0.269. The summed E-state index contributed by atoms with van der Waals surface area (Å²) in [5, 5.41) is 3.96. The number of sulfonamides is 1. The summed E-state index contributed by atoms with van der Waals surface area (Å²) in [7, 11) is -6.80. The van der Waals surface area contributed by atoms with Gasteiger partial charge in [-0.05, 0) is 19.3 Å². The Morgan fingerprint density at radius 1 is 1.43 bits per heavy atom. The monoisotopic (exact) mass is 336 g/mol. The van der Waals surface area contributed by atoms with E-state index in [-0.39, 0.29) is 41.1 Å². The van der Waals surface area contributed by atoms with Crippen LogP contribution in [0, 0.1) is 0 Å².